The van der Waals surface area contributed by atoms with E-state index in [-0.39, 0.29) is 22.0 Å². The van der Waals surface area contributed by atoms with Crippen LogP contribution in [0.4, 0.5) is 11.4 Å². The first kappa shape index (κ1) is 15.4. The summed E-state index contributed by atoms with van der Waals surface area (Å²) in [6, 6.07) is 8.78. The first-order chi connectivity index (χ1) is 10.8. The number of anilines is 1. The Bertz CT molecular complexity index is 970. The molecule has 1 aliphatic rings. The monoisotopic (exact) mass is 351 g/mol. The van der Waals surface area contributed by atoms with Crippen molar-refractivity contribution in [3.63, 3.8) is 0 Å². The first-order valence-electron chi connectivity index (χ1n) is 6.45. The number of hydrogen-bond donors (Lipinski definition) is 1. The summed E-state index contributed by atoms with van der Waals surface area (Å²) in [6.45, 7) is 1.78. The Morgan fingerprint density at radius 3 is 2.70 bits per heavy atom. The molecule has 0 amide bonds. The summed E-state index contributed by atoms with van der Waals surface area (Å²) in [5, 5.41) is 14.3. The third kappa shape index (κ3) is 2.66. The molecule has 2 aromatic carbocycles. The van der Waals surface area contributed by atoms with Crippen LogP contribution >= 0.6 is 11.6 Å². The predicted molar refractivity (Wildman–Crippen MR) is 86.6 cm³/mol. The van der Waals surface area contributed by atoms with Crippen molar-refractivity contribution in [3.05, 3.63) is 62.7 Å². The van der Waals surface area contributed by atoms with E-state index in [0.717, 1.165) is 11.6 Å². The lowest BCUT2D eigenvalue weighted by Crippen LogP contribution is -2.12. The van der Waals surface area contributed by atoms with Gasteiger partial charge in [-0.25, -0.2) is 0 Å². The van der Waals surface area contributed by atoms with Crippen LogP contribution in [0, 0.1) is 17.0 Å². The highest BCUT2D eigenvalue weighted by Crippen LogP contribution is 2.31. The van der Waals surface area contributed by atoms with Crippen molar-refractivity contribution in [3.8, 4) is 0 Å². The predicted octanol–water partition coefficient (Wildman–Crippen LogP) is 3.12. The van der Waals surface area contributed by atoms with Gasteiger partial charge in [-0.2, -0.15) is 8.42 Å². The average Bonchev–Trinajstić information content (AvgIpc) is 2.74. The zero-order valence-corrected chi connectivity index (χ0v) is 13.4. The number of hydrogen-bond acceptors (Lipinski definition) is 5. The molecule has 2 aromatic rings. The van der Waals surface area contributed by atoms with E-state index >= 15 is 0 Å². The number of non-ortho nitro benzene ring substituents is 1. The second-order valence-corrected chi connectivity index (χ2v) is 6.87. The van der Waals surface area contributed by atoms with Gasteiger partial charge in [0.15, 0.2) is 5.84 Å². The van der Waals surface area contributed by atoms with Crippen molar-refractivity contribution in [2.24, 2.45) is 4.40 Å². The molecular weight excluding hydrogens is 342 g/mol. The summed E-state index contributed by atoms with van der Waals surface area (Å²) < 4.78 is 27.9. The Hall–Kier alpha value is -2.45. The number of halogens is 1. The van der Waals surface area contributed by atoms with E-state index in [2.05, 4.69) is 9.71 Å². The average molecular weight is 352 g/mol. The van der Waals surface area contributed by atoms with E-state index in [1.807, 2.05) is 0 Å². The molecule has 1 aliphatic heterocycles. The minimum Gasteiger partial charge on any atom is -0.339 e. The van der Waals surface area contributed by atoms with Crippen LogP contribution in [0.3, 0.4) is 0 Å². The number of nitrogens with zero attached hydrogens (tertiary/aromatic N) is 2. The molecule has 23 heavy (non-hydrogen) atoms. The van der Waals surface area contributed by atoms with Crippen molar-refractivity contribution in [2.45, 2.75) is 11.8 Å². The maximum Gasteiger partial charge on any atom is 0.285 e. The highest BCUT2D eigenvalue weighted by molar-refractivity contribution is 7.90. The summed E-state index contributed by atoms with van der Waals surface area (Å²) in [5.74, 6) is 0.111. The number of amidine groups is 1. The Morgan fingerprint density at radius 2 is 2.00 bits per heavy atom. The first-order valence-corrected chi connectivity index (χ1v) is 8.27. The van der Waals surface area contributed by atoms with Gasteiger partial charge in [-0.15, -0.1) is 4.40 Å². The lowest BCUT2D eigenvalue weighted by Gasteiger charge is -2.10. The van der Waals surface area contributed by atoms with E-state index < -0.39 is 14.9 Å². The van der Waals surface area contributed by atoms with Crippen molar-refractivity contribution >= 4 is 38.8 Å². The number of fused-ring (bicyclic) bond motifs is 1. The van der Waals surface area contributed by atoms with Gasteiger partial charge in [-0.1, -0.05) is 17.7 Å². The Kier molecular flexibility index (Phi) is 3.57. The fourth-order valence-electron chi connectivity index (χ4n) is 2.21. The van der Waals surface area contributed by atoms with E-state index in [1.165, 1.54) is 12.1 Å². The minimum absolute atomic E-state index is 0.111. The van der Waals surface area contributed by atoms with Gasteiger partial charge >= 0.3 is 0 Å². The summed E-state index contributed by atoms with van der Waals surface area (Å²) >= 11 is 6.04. The van der Waals surface area contributed by atoms with Crippen LogP contribution in [0.2, 0.25) is 5.02 Å². The van der Waals surface area contributed by atoms with Crippen molar-refractivity contribution in [1.82, 2.24) is 0 Å². The quantitative estimate of drug-likeness (QED) is 0.661. The second kappa shape index (κ2) is 5.32. The van der Waals surface area contributed by atoms with Gasteiger partial charge in [0.2, 0.25) is 0 Å². The standard InChI is InChI=1S/C14H10ClN3O4S/c1-8-11(15)3-2-4-12(8)16-14-10-6-5-9(18(19)20)7-13(10)23(21,22)17-14/h2-7H,1H3,(H,16,17). The molecule has 0 spiro atoms. The van der Waals surface area contributed by atoms with Gasteiger partial charge in [-0.05, 0) is 30.7 Å². The molecule has 0 atom stereocenters. The molecule has 1 heterocycles. The van der Waals surface area contributed by atoms with Crippen LogP contribution in [0.25, 0.3) is 0 Å². The summed E-state index contributed by atoms with van der Waals surface area (Å²) in [6.07, 6.45) is 0. The number of nitro benzene ring substituents is 1. The molecular formula is C14H10ClN3O4S. The number of rotatable bonds is 2. The SMILES string of the molecule is Cc1c(Cl)cccc1NC1=NS(=O)(=O)c2cc([N+](=O)[O-])ccc21. The molecule has 0 bridgehead atoms. The highest BCUT2D eigenvalue weighted by atomic mass is 35.5. The van der Waals surface area contributed by atoms with Gasteiger partial charge < -0.3 is 5.32 Å². The third-order valence-corrected chi connectivity index (χ3v) is 5.17. The van der Waals surface area contributed by atoms with Crippen LogP contribution < -0.4 is 5.32 Å². The van der Waals surface area contributed by atoms with E-state index in [1.54, 1.807) is 25.1 Å². The van der Waals surface area contributed by atoms with Gasteiger partial charge in [0.25, 0.3) is 15.7 Å². The zero-order valence-electron chi connectivity index (χ0n) is 11.8. The summed E-state index contributed by atoms with van der Waals surface area (Å²) in [5.41, 5.74) is 1.33. The summed E-state index contributed by atoms with van der Waals surface area (Å²) in [7, 11) is -3.97. The Balaban J connectivity index is 2.07. The number of sulfonamides is 1. The highest BCUT2D eigenvalue weighted by Gasteiger charge is 2.31. The maximum atomic E-state index is 12.1. The van der Waals surface area contributed by atoms with E-state index in [0.29, 0.717) is 10.7 Å². The van der Waals surface area contributed by atoms with Gasteiger partial charge in [0.05, 0.1) is 4.92 Å². The van der Waals surface area contributed by atoms with Crippen LogP contribution in [0.5, 0.6) is 0 Å². The molecule has 9 heteroatoms. The van der Waals surface area contributed by atoms with Gasteiger partial charge in [0, 0.05) is 28.4 Å². The topological polar surface area (TPSA) is 102 Å². The van der Waals surface area contributed by atoms with Crippen LogP contribution in [-0.2, 0) is 10.0 Å². The van der Waals surface area contributed by atoms with Crippen LogP contribution in [0.1, 0.15) is 11.1 Å². The van der Waals surface area contributed by atoms with E-state index in [4.69, 9.17) is 11.6 Å². The minimum atomic E-state index is -3.97. The molecule has 0 aromatic heterocycles. The molecule has 0 fully saturated rings. The number of benzene rings is 2. The Labute approximate surface area is 136 Å². The molecule has 0 saturated heterocycles. The molecule has 3 rings (SSSR count). The number of nitro groups is 1. The molecule has 0 aliphatic carbocycles. The molecule has 118 valence electrons. The second-order valence-electron chi connectivity index (χ2n) is 4.89. The molecule has 7 nitrogen and oxygen atoms in total. The van der Waals surface area contributed by atoms with E-state index in [9.17, 15) is 18.5 Å². The fraction of sp³-hybridized carbons (Fsp3) is 0.0714. The normalized spacial score (nSPS) is 15.0. The molecule has 0 saturated carbocycles. The molecule has 0 unspecified atom stereocenters. The third-order valence-electron chi connectivity index (χ3n) is 3.44. The molecule has 1 N–H and O–H groups in total. The number of nitrogens with one attached hydrogen (secondary N) is 1. The van der Waals surface area contributed by atoms with Crippen LogP contribution in [0.15, 0.2) is 45.7 Å². The van der Waals surface area contributed by atoms with Gasteiger partial charge in [0.1, 0.15) is 4.90 Å². The van der Waals surface area contributed by atoms with Crippen molar-refractivity contribution in [2.75, 3.05) is 5.32 Å². The Morgan fingerprint density at radius 1 is 1.26 bits per heavy atom. The molecule has 0 radical (unpaired) electrons. The van der Waals surface area contributed by atoms with Crippen molar-refractivity contribution < 1.29 is 13.3 Å². The summed E-state index contributed by atoms with van der Waals surface area (Å²) in [4.78, 5) is 9.97. The zero-order chi connectivity index (χ0) is 16.8. The smallest absolute Gasteiger partial charge is 0.285 e. The maximum absolute atomic E-state index is 12.1. The van der Waals surface area contributed by atoms with Gasteiger partial charge in [-0.3, -0.25) is 10.1 Å². The van der Waals surface area contributed by atoms with Crippen molar-refractivity contribution in [1.29, 1.82) is 0 Å². The lowest BCUT2D eigenvalue weighted by molar-refractivity contribution is -0.385. The fourth-order valence-corrected chi connectivity index (χ4v) is 3.58. The van der Waals surface area contributed by atoms with Crippen LogP contribution in [-0.4, -0.2) is 19.2 Å². The lowest BCUT2D eigenvalue weighted by atomic mass is 10.1. The largest absolute Gasteiger partial charge is 0.339 e.